The molecule has 0 aliphatic carbocycles. The molecular formula is C15H21NO4. The minimum absolute atomic E-state index is 0.0283. The summed E-state index contributed by atoms with van der Waals surface area (Å²) in [5.74, 6) is 0.294. The van der Waals surface area contributed by atoms with Gasteiger partial charge in [0, 0.05) is 25.2 Å². The van der Waals surface area contributed by atoms with Gasteiger partial charge in [0.2, 0.25) is 0 Å². The summed E-state index contributed by atoms with van der Waals surface area (Å²) in [6, 6.07) is 7.00. The van der Waals surface area contributed by atoms with E-state index in [9.17, 15) is 4.79 Å². The van der Waals surface area contributed by atoms with Crippen LogP contribution in [0, 0.1) is 5.41 Å². The Hall–Kier alpha value is -1.59. The number of rotatable bonds is 5. The number of ether oxygens (including phenoxy) is 3. The number of nitrogens with two attached hydrogens (primary N) is 1. The SMILES string of the molecule is COC(=O)c1cccc(OCC2(CN)CCOCC2)c1. The molecule has 0 amide bonds. The maximum Gasteiger partial charge on any atom is 0.337 e. The molecule has 5 nitrogen and oxygen atoms in total. The predicted molar refractivity (Wildman–Crippen MR) is 74.8 cm³/mol. The molecule has 0 spiro atoms. The van der Waals surface area contributed by atoms with Crippen molar-refractivity contribution >= 4 is 5.97 Å². The molecule has 110 valence electrons. The highest BCUT2D eigenvalue weighted by molar-refractivity contribution is 5.89. The summed E-state index contributed by atoms with van der Waals surface area (Å²) in [5.41, 5.74) is 6.35. The fraction of sp³-hybridized carbons (Fsp3) is 0.533. The van der Waals surface area contributed by atoms with Crippen LogP contribution in [-0.4, -0.2) is 39.4 Å². The van der Waals surface area contributed by atoms with Crippen molar-refractivity contribution in [3.05, 3.63) is 29.8 Å². The van der Waals surface area contributed by atoms with E-state index in [2.05, 4.69) is 0 Å². The normalized spacial score (nSPS) is 17.5. The first kappa shape index (κ1) is 14.8. The van der Waals surface area contributed by atoms with Crippen LogP contribution in [-0.2, 0) is 9.47 Å². The van der Waals surface area contributed by atoms with E-state index >= 15 is 0 Å². The number of esters is 1. The van der Waals surface area contributed by atoms with Gasteiger partial charge >= 0.3 is 5.97 Å². The average molecular weight is 279 g/mol. The molecule has 0 saturated carbocycles. The van der Waals surface area contributed by atoms with E-state index in [0.717, 1.165) is 26.1 Å². The van der Waals surface area contributed by atoms with Crippen LogP contribution < -0.4 is 10.5 Å². The molecule has 0 aromatic heterocycles. The molecule has 5 heteroatoms. The van der Waals surface area contributed by atoms with Crippen molar-refractivity contribution in [2.24, 2.45) is 11.1 Å². The van der Waals surface area contributed by atoms with Crippen LogP contribution in [0.4, 0.5) is 0 Å². The second-order valence-electron chi connectivity index (χ2n) is 5.12. The van der Waals surface area contributed by atoms with E-state index in [1.807, 2.05) is 6.07 Å². The quantitative estimate of drug-likeness (QED) is 0.829. The van der Waals surface area contributed by atoms with Crippen LogP contribution in [0.3, 0.4) is 0 Å². The first-order valence-electron chi connectivity index (χ1n) is 6.78. The van der Waals surface area contributed by atoms with Crippen molar-refractivity contribution < 1.29 is 19.0 Å². The minimum Gasteiger partial charge on any atom is -0.493 e. The number of carbonyl (C=O) groups excluding carboxylic acids is 1. The summed E-state index contributed by atoms with van der Waals surface area (Å²) in [6.07, 6.45) is 1.81. The molecule has 1 saturated heterocycles. The van der Waals surface area contributed by atoms with Gasteiger partial charge in [-0.15, -0.1) is 0 Å². The second kappa shape index (κ2) is 6.72. The summed E-state index contributed by atoms with van der Waals surface area (Å²) in [5, 5.41) is 0. The minimum atomic E-state index is -0.366. The summed E-state index contributed by atoms with van der Waals surface area (Å²) < 4.78 is 15.9. The molecule has 1 aromatic carbocycles. The highest BCUT2D eigenvalue weighted by Gasteiger charge is 2.32. The third kappa shape index (κ3) is 3.49. The summed E-state index contributed by atoms with van der Waals surface area (Å²) in [4.78, 5) is 11.5. The summed E-state index contributed by atoms with van der Waals surface area (Å²) in [6.45, 7) is 2.57. The van der Waals surface area contributed by atoms with Crippen molar-refractivity contribution in [2.45, 2.75) is 12.8 Å². The predicted octanol–water partition coefficient (Wildman–Crippen LogP) is 1.61. The summed E-state index contributed by atoms with van der Waals surface area (Å²) >= 11 is 0. The van der Waals surface area contributed by atoms with Crippen LogP contribution in [0.25, 0.3) is 0 Å². The van der Waals surface area contributed by atoms with E-state index in [4.69, 9.17) is 19.9 Å². The lowest BCUT2D eigenvalue weighted by atomic mass is 9.81. The maximum atomic E-state index is 11.5. The first-order chi connectivity index (χ1) is 9.69. The van der Waals surface area contributed by atoms with Crippen LogP contribution in [0.15, 0.2) is 24.3 Å². The van der Waals surface area contributed by atoms with Gasteiger partial charge in [0.25, 0.3) is 0 Å². The van der Waals surface area contributed by atoms with Gasteiger partial charge in [0.1, 0.15) is 5.75 Å². The zero-order valence-electron chi connectivity index (χ0n) is 11.8. The second-order valence-corrected chi connectivity index (χ2v) is 5.12. The molecule has 1 aliphatic rings. The largest absolute Gasteiger partial charge is 0.493 e. The van der Waals surface area contributed by atoms with Crippen molar-refractivity contribution in [1.82, 2.24) is 0 Å². The lowest BCUT2D eigenvalue weighted by molar-refractivity contribution is -0.00500. The Labute approximate surface area is 119 Å². The monoisotopic (exact) mass is 279 g/mol. The molecular weight excluding hydrogens is 258 g/mol. The molecule has 1 aliphatic heterocycles. The van der Waals surface area contributed by atoms with Crippen molar-refractivity contribution in [3.8, 4) is 5.75 Å². The van der Waals surface area contributed by atoms with Crippen LogP contribution >= 0.6 is 0 Å². The molecule has 2 N–H and O–H groups in total. The Balaban J connectivity index is 2.01. The Morgan fingerprint density at radius 2 is 2.15 bits per heavy atom. The van der Waals surface area contributed by atoms with E-state index in [1.54, 1.807) is 18.2 Å². The van der Waals surface area contributed by atoms with Gasteiger partial charge in [-0.3, -0.25) is 0 Å². The van der Waals surface area contributed by atoms with Gasteiger partial charge in [-0.05, 0) is 31.0 Å². The van der Waals surface area contributed by atoms with Crippen LogP contribution in [0.1, 0.15) is 23.2 Å². The van der Waals surface area contributed by atoms with Gasteiger partial charge in [0.15, 0.2) is 0 Å². The lowest BCUT2D eigenvalue weighted by Gasteiger charge is -2.35. The zero-order valence-corrected chi connectivity index (χ0v) is 11.8. The summed E-state index contributed by atoms with van der Waals surface area (Å²) in [7, 11) is 1.36. The highest BCUT2D eigenvalue weighted by Crippen LogP contribution is 2.30. The average Bonchev–Trinajstić information content (AvgIpc) is 2.53. The standard InChI is InChI=1S/C15H21NO4/c1-18-14(17)12-3-2-4-13(9-12)20-11-15(10-16)5-7-19-8-6-15/h2-4,9H,5-8,10-11,16H2,1H3. The van der Waals surface area contributed by atoms with Gasteiger partial charge in [0.05, 0.1) is 19.3 Å². The molecule has 2 rings (SSSR count). The van der Waals surface area contributed by atoms with E-state index in [1.165, 1.54) is 7.11 Å². The molecule has 0 bridgehead atoms. The Kier molecular flexibility index (Phi) is 4.98. The fourth-order valence-corrected chi connectivity index (χ4v) is 2.28. The van der Waals surface area contributed by atoms with Gasteiger partial charge in [-0.1, -0.05) is 6.07 Å². The Bertz CT molecular complexity index is 455. The molecule has 1 heterocycles. The van der Waals surface area contributed by atoms with Crippen molar-refractivity contribution in [1.29, 1.82) is 0 Å². The van der Waals surface area contributed by atoms with Crippen molar-refractivity contribution in [2.75, 3.05) is 33.5 Å². The molecule has 0 radical (unpaired) electrons. The number of methoxy groups -OCH3 is 1. The first-order valence-corrected chi connectivity index (χ1v) is 6.78. The Morgan fingerprint density at radius 1 is 1.40 bits per heavy atom. The third-order valence-corrected chi connectivity index (χ3v) is 3.79. The van der Waals surface area contributed by atoms with E-state index < -0.39 is 0 Å². The Morgan fingerprint density at radius 3 is 2.80 bits per heavy atom. The lowest BCUT2D eigenvalue weighted by Crippen LogP contribution is -2.41. The van der Waals surface area contributed by atoms with Crippen molar-refractivity contribution in [3.63, 3.8) is 0 Å². The van der Waals surface area contributed by atoms with Crippen LogP contribution in [0.2, 0.25) is 0 Å². The van der Waals surface area contributed by atoms with Gasteiger partial charge in [-0.25, -0.2) is 4.79 Å². The molecule has 0 atom stereocenters. The smallest absolute Gasteiger partial charge is 0.337 e. The van der Waals surface area contributed by atoms with Crippen LogP contribution in [0.5, 0.6) is 5.75 Å². The van der Waals surface area contributed by atoms with Gasteiger partial charge < -0.3 is 19.9 Å². The highest BCUT2D eigenvalue weighted by atomic mass is 16.5. The van der Waals surface area contributed by atoms with E-state index in [-0.39, 0.29) is 11.4 Å². The van der Waals surface area contributed by atoms with Gasteiger partial charge in [-0.2, -0.15) is 0 Å². The molecule has 20 heavy (non-hydrogen) atoms. The third-order valence-electron chi connectivity index (χ3n) is 3.79. The number of hydrogen-bond donors (Lipinski definition) is 1. The fourth-order valence-electron chi connectivity index (χ4n) is 2.28. The topological polar surface area (TPSA) is 70.8 Å². The number of carbonyl (C=O) groups is 1. The molecule has 1 fully saturated rings. The molecule has 0 unspecified atom stereocenters. The number of benzene rings is 1. The molecule has 1 aromatic rings. The van der Waals surface area contributed by atoms with E-state index in [0.29, 0.717) is 24.5 Å². The zero-order chi connectivity index (χ0) is 14.4. The maximum absolute atomic E-state index is 11.5. The number of hydrogen-bond acceptors (Lipinski definition) is 5.